The van der Waals surface area contributed by atoms with Gasteiger partial charge in [0.25, 0.3) is 0 Å². The Kier molecular flexibility index (Phi) is 7.15. The number of piperazine rings is 1. The summed E-state index contributed by atoms with van der Waals surface area (Å²) in [7, 11) is 0. The van der Waals surface area contributed by atoms with Crippen LogP contribution in [0, 0.1) is 5.92 Å². The highest BCUT2D eigenvalue weighted by molar-refractivity contribution is 5.74. The van der Waals surface area contributed by atoms with Gasteiger partial charge in [-0.3, -0.25) is 4.90 Å². The first-order valence-corrected chi connectivity index (χ1v) is 9.19. The third kappa shape index (κ3) is 5.26. The number of likely N-dealkylation sites (tertiary alicyclic amines) is 1. The summed E-state index contributed by atoms with van der Waals surface area (Å²) in [6, 6.07) is 0.567. The summed E-state index contributed by atoms with van der Waals surface area (Å²) in [5, 5.41) is 2.99. The van der Waals surface area contributed by atoms with Crippen molar-refractivity contribution in [1.82, 2.24) is 20.0 Å². The average molecular weight is 340 g/mol. The van der Waals surface area contributed by atoms with E-state index in [9.17, 15) is 9.59 Å². The van der Waals surface area contributed by atoms with Crippen LogP contribution in [0.25, 0.3) is 0 Å². The van der Waals surface area contributed by atoms with Gasteiger partial charge in [-0.2, -0.15) is 0 Å². The molecule has 0 atom stereocenters. The fourth-order valence-electron chi connectivity index (χ4n) is 3.32. The smallest absolute Gasteiger partial charge is 0.409 e. The Bertz CT molecular complexity index is 414. The number of urea groups is 1. The second kappa shape index (κ2) is 9.11. The summed E-state index contributed by atoms with van der Waals surface area (Å²) in [5.41, 5.74) is 0. The van der Waals surface area contributed by atoms with E-state index in [0.717, 1.165) is 58.7 Å². The molecule has 2 aliphatic heterocycles. The highest BCUT2D eigenvalue weighted by Crippen LogP contribution is 2.19. The fraction of sp³-hybridized carbons (Fsp3) is 0.882. The van der Waals surface area contributed by atoms with E-state index in [2.05, 4.69) is 24.1 Å². The summed E-state index contributed by atoms with van der Waals surface area (Å²) in [4.78, 5) is 30.0. The molecule has 0 aromatic carbocycles. The molecule has 0 bridgehead atoms. The molecule has 138 valence electrons. The molecule has 7 nitrogen and oxygen atoms in total. The van der Waals surface area contributed by atoms with Crippen molar-refractivity contribution in [1.29, 1.82) is 0 Å². The number of hydrogen-bond acceptors (Lipinski definition) is 4. The van der Waals surface area contributed by atoms with Gasteiger partial charge < -0.3 is 19.9 Å². The minimum absolute atomic E-state index is 0.0560. The highest BCUT2D eigenvalue weighted by Gasteiger charge is 2.30. The fourth-order valence-corrected chi connectivity index (χ4v) is 3.32. The van der Waals surface area contributed by atoms with Crippen LogP contribution < -0.4 is 5.32 Å². The Morgan fingerprint density at radius 3 is 2.21 bits per heavy atom. The Hall–Kier alpha value is -1.50. The van der Waals surface area contributed by atoms with Gasteiger partial charge in [-0.15, -0.1) is 0 Å². The lowest BCUT2D eigenvalue weighted by Gasteiger charge is -2.42. The third-order valence-electron chi connectivity index (χ3n) is 4.77. The average Bonchev–Trinajstić information content (AvgIpc) is 2.60. The molecule has 24 heavy (non-hydrogen) atoms. The normalized spacial score (nSPS) is 20.3. The molecule has 1 N–H and O–H groups in total. The zero-order valence-corrected chi connectivity index (χ0v) is 15.3. The van der Waals surface area contributed by atoms with Gasteiger partial charge in [-0.05, 0) is 25.7 Å². The van der Waals surface area contributed by atoms with Crippen molar-refractivity contribution in [3.8, 4) is 0 Å². The van der Waals surface area contributed by atoms with Crippen LogP contribution in [0.1, 0.15) is 33.6 Å². The first-order valence-electron chi connectivity index (χ1n) is 9.19. The van der Waals surface area contributed by atoms with E-state index >= 15 is 0 Å². The SMILES string of the molecule is CCOC(=O)N1CCC(N2CCN(C(=O)NCC(C)C)CC2)CC1. The molecule has 3 amide bonds. The molecule has 0 aromatic heterocycles. The zero-order chi connectivity index (χ0) is 17.5. The van der Waals surface area contributed by atoms with Gasteiger partial charge >= 0.3 is 12.1 Å². The maximum Gasteiger partial charge on any atom is 0.409 e. The minimum atomic E-state index is -0.192. The number of ether oxygens (including phenoxy) is 1. The van der Waals surface area contributed by atoms with Gasteiger partial charge in [-0.25, -0.2) is 9.59 Å². The molecule has 0 aliphatic carbocycles. The van der Waals surface area contributed by atoms with Crippen molar-refractivity contribution in [2.45, 2.75) is 39.7 Å². The van der Waals surface area contributed by atoms with Crippen molar-refractivity contribution in [3.05, 3.63) is 0 Å². The van der Waals surface area contributed by atoms with Crippen LogP contribution in [0.15, 0.2) is 0 Å². The lowest BCUT2D eigenvalue weighted by Crippen LogP contribution is -2.56. The molecular weight excluding hydrogens is 308 g/mol. The number of carbonyl (C=O) groups is 2. The van der Waals surface area contributed by atoms with Gasteiger partial charge in [0, 0.05) is 51.9 Å². The quantitative estimate of drug-likeness (QED) is 0.844. The molecule has 2 aliphatic rings. The summed E-state index contributed by atoms with van der Waals surface area (Å²) < 4.78 is 5.06. The van der Waals surface area contributed by atoms with E-state index in [1.807, 2.05) is 11.8 Å². The molecule has 0 unspecified atom stereocenters. The van der Waals surface area contributed by atoms with Crippen LogP contribution in [0.3, 0.4) is 0 Å². The van der Waals surface area contributed by atoms with Gasteiger partial charge in [-0.1, -0.05) is 13.8 Å². The molecule has 2 saturated heterocycles. The van der Waals surface area contributed by atoms with E-state index in [-0.39, 0.29) is 12.1 Å². The van der Waals surface area contributed by atoms with E-state index < -0.39 is 0 Å². The predicted octanol–water partition coefficient (Wildman–Crippen LogP) is 1.59. The summed E-state index contributed by atoms with van der Waals surface area (Å²) in [5.74, 6) is 0.472. The third-order valence-corrected chi connectivity index (χ3v) is 4.77. The molecule has 0 saturated carbocycles. The Morgan fingerprint density at radius 1 is 1.04 bits per heavy atom. The van der Waals surface area contributed by atoms with Crippen molar-refractivity contribution < 1.29 is 14.3 Å². The Morgan fingerprint density at radius 2 is 1.67 bits per heavy atom. The standard InChI is InChI=1S/C17H32N4O3/c1-4-24-17(23)21-7-5-15(6-8-21)19-9-11-20(12-10-19)16(22)18-13-14(2)3/h14-15H,4-13H2,1-3H3,(H,18,22). The van der Waals surface area contributed by atoms with E-state index in [1.165, 1.54) is 0 Å². The largest absolute Gasteiger partial charge is 0.450 e. The lowest BCUT2D eigenvalue weighted by atomic mass is 10.0. The van der Waals surface area contributed by atoms with Crippen LogP contribution in [-0.2, 0) is 4.74 Å². The van der Waals surface area contributed by atoms with Crippen molar-refractivity contribution in [3.63, 3.8) is 0 Å². The van der Waals surface area contributed by atoms with Crippen LogP contribution in [0.4, 0.5) is 9.59 Å². The summed E-state index contributed by atoms with van der Waals surface area (Å²) >= 11 is 0. The lowest BCUT2D eigenvalue weighted by molar-refractivity contribution is 0.0568. The number of nitrogens with zero attached hydrogens (tertiary/aromatic N) is 3. The molecule has 0 radical (unpaired) electrons. The number of amides is 3. The second-order valence-electron chi connectivity index (χ2n) is 7.02. The number of piperidine rings is 1. The number of hydrogen-bond donors (Lipinski definition) is 1. The van der Waals surface area contributed by atoms with Crippen molar-refractivity contribution in [2.75, 3.05) is 52.4 Å². The van der Waals surface area contributed by atoms with Crippen LogP contribution in [0.2, 0.25) is 0 Å². The van der Waals surface area contributed by atoms with Gasteiger partial charge in [0.15, 0.2) is 0 Å². The van der Waals surface area contributed by atoms with Crippen molar-refractivity contribution in [2.24, 2.45) is 5.92 Å². The molecule has 0 spiro atoms. The van der Waals surface area contributed by atoms with Crippen LogP contribution >= 0.6 is 0 Å². The highest BCUT2D eigenvalue weighted by atomic mass is 16.6. The van der Waals surface area contributed by atoms with Gasteiger partial charge in [0.05, 0.1) is 6.61 Å². The maximum atomic E-state index is 12.1. The summed E-state index contributed by atoms with van der Waals surface area (Å²) in [6.45, 7) is 12.1. The minimum Gasteiger partial charge on any atom is -0.450 e. The summed E-state index contributed by atoms with van der Waals surface area (Å²) in [6.07, 6.45) is 1.78. The monoisotopic (exact) mass is 340 g/mol. The van der Waals surface area contributed by atoms with Crippen LogP contribution in [0.5, 0.6) is 0 Å². The Labute approximate surface area is 145 Å². The van der Waals surface area contributed by atoms with E-state index in [0.29, 0.717) is 18.6 Å². The molecule has 2 rings (SSSR count). The van der Waals surface area contributed by atoms with Crippen LogP contribution in [-0.4, -0.2) is 85.3 Å². The number of nitrogens with one attached hydrogen (secondary N) is 1. The second-order valence-corrected chi connectivity index (χ2v) is 7.02. The molecule has 2 heterocycles. The zero-order valence-electron chi connectivity index (χ0n) is 15.3. The Balaban J connectivity index is 1.70. The number of carbonyl (C=O) groups excluding carboxylic acids is 2. The molecular formula is C17H32N4O3. The van der Waals surface area contributed by atoms with Crippen molar-refractivity contribution >= 4 is 12.1 Å². The number of rotatable bonds is 4. The van der Waals surface area contributed by atoms with E-state index in [1.54, 1.807) is 4.90 Å². The molecule has 2 fully saturated rings. The molecule has 0 aromatic rings. The topological polar surface area (TPSA) is 65.1 Å². The van der Waals surface area contributed by atoms with Gasteiger partial charge in [0.2, 0.25) is 0 Å². The van der Waals surface area contributed by atoms with E-state index in [4.69, 9.17) is 4.74 Å². The van der Waals surface area contributed by atoms with Gasteiger partial charge in [0.1, 0.15) is 0 Å². The first-order chi connectivity index (χ1) is 11.5. The maximum absolute atomic E-state index is 12.1. The predicted molar refractivity (Wildman–Crippen MR) is 93.0 cm³/mol. The first kappa shape index (κ1) is 18.8. The molecule has 7 heteroatoms.